The molecule has 0 atom stereocenters. The molecule has 0 saturated heterocycles. The first-order valence-corrected chi connectivity index (χ1v) is 4.40. The summed E-state index contributed by atoms with van der Waals surface area (Å²) in [5.74, 6) is -0.945. The second-order valence-corrected chi connectivity index (χ2v) is 2.66. The lowest BCUT2D eigenvalue weighted by Gasteiger charge is -2.09. The summed E-state index contributed by atoms with van der Waals surface area (Å²) in [5.41, 5.74) is 0. The maximum Gasteiger partial charge on any atom is 0.316 e. The first-order chi connectivity index (χ1) is 5.65. The van der Waals surface area contributed by atoms with E-state index in [-0.39, 0.29) is 18.3 Å². The van der Waals surface area contributed by atoms with Crippen molar-refractivity contribution in [3.8, 4) is 0 Å². The Morgan fingerprint density at radius 1 is 1.17 bits per heavy atom. The highest BCUT2D eigenvalue weighted by Crippen LogP contribution is 2.09. The summed E-state index contributed by atoms with van der Waals surface area (Å²) in [6.07, 6.45) is 1.71. The predicted molar refractivity (Wildman–Crippen MR) is 45.5 cm³/mol. The predicted octanol–water partition coefficient (Wildman–Crippen LogP) is 1.90. The van der Waals surface area contributed by atoms with Gasteiger partial charge in [0.2, 0.25) is 0 Å². The van der Waals surface area contributed by atoms with Gasteiger partial charge in [-0.2, -0.15) is 0 Å². The SMILES string of the molecule is CCC(=O)OC(=O)C(CC)CC. The van der Waals surface area contributed by atoms with E-state index < -0.39 is 5.97 Å². The van der Waals surface area contributed by atoms with E-state index >= 15 is 0 Å². The lowest BCUT2D eigenvalue weighted by molar-refractivity contribution is -0.162. The van der Waals surface area contributed by atoms with Crippen LogP contribution in [0.5, 0.6) is 0 Å². The van der Waals surface area contributed by atoms with Crippen molar-refractivity contribution < 1.29 is 14.3 Å². The van der Waals surface area contributed by atoms with E-state index in [9.17, 15) is 9.59 Å². The number of carbonyl (C=O) groups is 2. The van der Waals surface area contributed by atoms with Crippen LogP contribution in [0.2, 0.25) is 0 Å². The molecule has 12 heavy (non-hydrogen) atoms. The topological polar surface area (TPSA) is 43.4 Å². The van der Waals surface area contributed by atoms with Crippen LogP contribution in [-0.4, -0.2) is 11.9 Å². The molecule has 0 heterocycles. The van der Waals surface area contributed by atoms with E-state index in [2.05, 4.69) is 4.74 Å². The minimum atomic E-state index is -0.438. The molecule has 0 aromatic rings. The Hall–Kier alpha value is -0.860. The fraction of sp³-hybridized carbons (Fsp3) is 0.778. The molecule has 0 rings (SSSR count). The highest BCUT2D eigenvalue weighted by atomic mass is 16.6. The zero-order valence-electron chi connectivity index (χ0n) is 7.92. The minimum Gasteiger partial charge on any atom is -0.393 e. The molecule has 0 amide bonds. The van der Waals surface area contributed by atoms with Gasteiger partial charge in [-0.1, -0.05) is 20.8 Å². The van der Waals surface area contributed by atoms with Crippen molar-refractivity contribution in [3.05, 3.63) is 0 Å². The third-order valence-electron chi connectivity index (χ3n) is 1.82. The zero-order chi connectivity index (χ0) is 9.56. The van der Waals surface area contributed by atoms with Crippen LogP contribution < -0.4 is 0 Å². The molecule has 0 aliphatic heterocycles. The summed E-state index contributed by atoms with van der Waals surface area (Å²) in [5, 5.41) is 0. The molecule has 0 bridgehead atoms. The second-order valence-electron chi connectivity index (χ2n) is 2.66. The van der Waals surface area contributed by atoms with E-state index in [1.165, 1.54) is 0 Å². The molecule has 3 heteroatoms. The molecule has 0 radical (unpaired) electrons. The summed E-state index contributed by atoms with van der Waals surface area (Å²) in [4.78, 5) is 21.8. The van der Waals surface area contributed by atoms with Crippen molar-refractivity contribution in [2.75, 3.05) is 0 Å². The van der Waals surface area contributed by atoms with Crippen molar-refractivity contribution in [1.82, 2.24) is 0 Å². The third kappa shape index (κ3) is 3.51. The lowest BCUT2D eigenvalue weighted by Crippen LogP contribution is -2.19. The van der Waals surface area contributed by atoms with Crippen LogP contribution in [0.3, 0.4) is 0 Å². The average molecular weight is 172 g/mol. The van der Waals surface area contributed by atoms with Gasteiger partial charge in [0, 0.05) is 6.42 Å². The van der Waals surface area contributed by atoms with Crippen molar-refractivity contribution in [2.45, 2.75) is 40.0 Å². The largest absolute Gasteiger partial charge is 0.393 e. The quantitative estimate of drug-likeness (QED) is 0.480. The van der Waals surface area contributed by atoms with Crippen molar-refractivity contribution in [1.29, 1.82) is 0 Å². The number of ether oxygens (including phenoxy) is 1. The van der Waals surface area contributed by atoms with Crippen molar-refractivity contribution >= 4 is 11.9 Å². The van der Waals surface area contributed by atoms with Gasteiger partial charge in [0.15, 0.2) is 0 Å². The molecule has 0 aliphatic rings. The summed E-state index contributed by atoms with van der Waals surface area (Å²) < 4.78 is 4.57. The molecule has 0 aliphatic carbocycles. The van der Waals surface area contributed by atoms with Crippen molar-refractivity contribution in [3.63, 3.8) is 0 Å². The minimum absolute atomic E-state index is 0.125. The first kappa shape index (κ1) is 11.1. The van der Waals surface area contributed by atoms with E-state index in [0.29, 0.717) is 0 Å². The number of carbonyl (C=O) groups excluding carboxylic acids is 2. The zero-order valence-corrected chi connectivity index (χ0v) is 7.92. The van der Waals surface area contributed by atoms with Gasteiger partial charge in [-0.15, -0.1) is 0 Å². The normalized spacial score (nSPS) is 10.0. The van der Waals surface area contributed by atoms with E-state index in [1.54, 1.807) is 6.92 Å². The smallest absolute Gasteiger partial charge is 0.316 e. The highest BCUT2D eigenvalue weighted by Gasteiger charge is 2.17. The van der Waals surface area contributed by atoms with Crippen LogP contribution in [0, 0.1) is 5.92 Å². The standard InChI is InChI=1S/C9H16O3/c1-4-7(5-2)9(11)12-8(10)6-3/h7H,4-6H2,1-3H3. The summed E-state index contributed by atoms with van der Waals surface area (Å²) in [6, 6.07) is 0. The molecule has 0 aromatic carbocycles. The molecule has 0 saturated carbocycles. The molecular formula is C9H16O3. The summed E-state index contributed by atoms with van der Waals surface area (Å²) in [6.45, 7) is 5.49. The number of esters is 2. The fourth-order valence-electron chi connectivity index (χ4n) is 0.890. The van der Waals surface area contributed by atoms with E-state index in [1.807, 2.05) is 13.8 Å². The Kier molecular flexibility index (Phi) is 5.34. The Morgan fingerprint density at radius 2 is 1.67 bits per heavy atom. The van der Waals surface area contributed by atoms with E-state index in [0.717, 1.165) is 12.8 Å². The summed E-state index contributed by atoms with van der Waals surface area (Å²) >= 11 is 0. The van der Waals surface area contributed by atoms with Crippen LogP contribution in [0.1, 0.15) is 40.0 Å². The molecule has 70 valence electrons. The van der Waals surface area contributed by atoms with Crippen LogP contribution >= 0.6 is 0 Å². The van der Waals surface area contributed by atoms with Crippen molar-refractivity contribution in [2.24, 2.45) is 5.92 Å². The molecule has 0 spiro atoms. The number of hydrogen-bond acceptors (Lipinski definition) is 3. The van der Waals surface area contributed by atoms with Gasteiger partial charge in [0.25, 0.3) is 0 Å². The molecule has 3 nitrogen and oxygen atoms in total. The molecular weight excluding hydrogens is 156 g/mol. The van der Waals surface area contributed by atoms with Crippen LogP contribution in [0.4, 0.5) is 0 Å². The Balaban J connectivity index is 3.92. The Bertz CT molecular complexity index is 159. The molecule has 0 fully saturated rings. The van der Waals surface area contributed by atoms with Gasteiger partial charge < -0.3 is 4.74 Å². The van der Waals surface area contributed by atoms with Gasteiger partial charge in [-0.3, -0.25) is 9.59 Å². The monoisotopic (exact) mass is 172 g/mol. The Labute approximate surface area is 73.1 Å². The first-order valence-electron chi connectivity index (χ1n) is 4.40. The number of hydrogen-bond donors (Lipinski definition) is 0. The lowest BCUT2D eigenvalue weighted by atomic mass is 10.0. The van der Waals surface area contributed by atoms with E-state index in [4.69, 9.17) is 0 Å². The fourth-order valence-corrected chi connectivity index (χ4v) is 0.890. The number of rotatable bonds is 4. The van der Waals surface area contributed by atoms with Crippen LogP contribution in [-0.2, 0) is 14.3 Å². The van der Waals surface area contributed by atoms with Gasteiger partial charge in [0.05, 0.1) is 5.92 Å². The van der Waals surface area contributed by atoms with Crippen LogP contribution in [0.25, 0.3) is 0 Å². The van der Waals surface area contributed by atoms with Gasteiger partial charge in [-0.25, -0.2) is 0 Å². The Morgan fingerprint density at radius 3 is 2.00 bits per heavy atom. The third-order valence-corrected chi connectivity index (χ3v) is 1.82. The molecule has 0 unspecified atom stereocenters. The van der Waals surface area contributed by atoms with Crippen LogP contribution in [0.15, 0.2) is 0 Å². The summed E-state index contributed by atoms with van der Waals surface area (Å²) in [7, 11) is 0. The second kappa shape index (κ2) is 5.75. The average Bonchev–Trinajstić information content (AvgIpc) is 2.06. The maximum absolute atomic E-state index is 11.1. The van der Waals surface area contributed by atoms with Gasteiger partial charge in [0.1, 0.15) is 0 Å². The van der Waals surface area contributed by atoms with Gasteiger partial charge >= 0.3 is 11.9 Å². The highest BCUT2D eigenvalue weighted by molar-refractivity contribution is 5.86. The maximum atomic E-state index is 11.1. The van der Waals surface area contributed by atoms with Gasteiger partial charge in [-0.05, 0) is 12.8 Å². The molecule has 0 aromatic heterocycles. The molecule has 0 N–H and O–H groups in total.